The molecule has 1 aromatic heterocycles. The van der Waals surface area contributed by atoms with Crippen LogP contribution >= 0.6 is 0 Å². The number of benzene rings is 1. The number of rotatable bonds is 2. The van der Waals surface area contributed by atoms with E-state index in [4.69, 9.17) is 10.5 Å². The van der Waals surface area contributed by atoms with Gasteiger partial charge in [-0.1, -0.05) is 0 Å². The molecular formula is C15H19FN4O2. The second kappa shape index (κ2) is 5.67. The molecule has 0 aliphatic carbocycles. The zero-order chi connectivity index (χ0) is 16.5. The highest BCUT2D eigenvalue weighted by Gasteiger charge is 2.17. The van der Waals surface area contributed by atoms with Crippen LogP contribution in [-0.4, -0.2) is 21.5 Å². The first-order valence-corrected chi connectivity index (χ1v) is 6.75. The van der Waals surface area contributed by atoms with Crippen LogP contribution in [0.2, 0.25) is 0 Å². The summed E-state index contributed by atoms with van der Waals surface area (Å²) in [6.45, 7) is 5.26. The van der Waals surface area contributed by atoms with Crippen LogP contribution in [-0.2, 0) is 11.8 Å². The highest BCUT2D eigenvalue weighted by molar-refractivity contribution is 5.85. The number of hydrogen-bond donors (Lipinski definition) is 2. The average molecular weight is 306 g/mol. The van der Waals surface area contributed by atoms with Gasteiger partial charge in [-0.25, -0.2) is 9.18 Å². The number of nitrogens with two attached hydrogens (primary N) is 1. The molecule has 0 saturated heterocycles. The normalized spacial score (nSPS) is 11.3. The van der Waals surface area contributed by atoms with Crippen LogP contribution in [0.25, 0.3) is 11.3 Å². The van der Waals surface area contributed by atoms with Crippen molar-refractivity contribution in [2.45, 2.75) is 26.4 Å². The molecule has 0 aliphatic rings. The van der Waals surface area contributed by atoms with Gasteiger partial charge in [0.2, 0.25) is 0 Å². The van der Waals surface area contributed by atoms with Crippen molar-refractivity contribution in [2.24, 2.45) is 7.05 Å². The Morgan fingerprint density at radius 2 is 2.05 bits per heavy atom. The monoisotopic (exact) mass is 306 g/mol. The fraction of sp³-hybridized carbons (Fsp3) is 0.333. The fourth-order valence-corrected chi connectivity index (χ4v) is 1.84. The van der Waals surface area contributed by atoms with Crippen molar-refractivity contribution in [1.29, 1.82) is 0 Å². The van der Waals surface area contributed by atoms with Gasteiger partial charge < -0.3 is 10.5 Å². The van der Waals surface area contributed by atoms with Gasteiger partial charge in [0, 0.05) is 24.4 Å². The maximum absolute atomic E-state index is 14.2. The van der Waals surface area contributed by atoms with Gasteiger partial charge >= 0.3 is 6.09 Å². The van der Waals surface area contributed by atoms with Crippen molar-refractivity contribution in [3.05, 3.63) is 30.1 Å². The lowest BCUT2D eigenvalue weighted by atomic mass is 10.1. The maximum atomic E-state index is 14.2. The quantitative estimate of drug-likeness (QED) is 0.893. The number of nitrogens with zero attached hydrogens (tertiary/aromatic N) is 2. The van der Waals surface area contributed by atoms with E-state index >= 15 is 0 Å². The molecule has 6 nitrogen and oxygen atoms in total. The lowest BCUT2D eigenvalue weighted by Crippen LogP contribution is -2.27. The van der Waals surface area contributed by atoms with Crippen LogP contribution < -0.4 is 11.1 Å². The van der Waals surface area contributed by atoms with Crippen molar-refractivity contribution in [1.82, 2.24) is 9.78 Å². The first-order valence-electron chi connectivity index (χ1n) is 6.75. The summed E-state index contributed by atoms with van der Waals surface area (Å²) >= 11 is 0. The van der Waals surface area contributed by atoms with Gasteiger partial charge in [0.15, 0.2) is 0 Å². The molecular weight excluding hydrogens is 287 g/mol. The number of anilines is 2. The van der Waals surface area contributed by atoms with Crippen molar-refractivity contribution in [3.8, 4) is 11.3 Å². The van der Waals surface area contributed by atoms with E-state index in [0.29, 0.717) is 22.8 Å². The number of aromatic nitrogens is 2. The molecule has 0 radical (unpaired) electrons. The second-order valence-corrected chi connectivity index (χ2v) is 5.90. The van der Waals surface area contributed by atoms with Crippen LogP contribution in [0.4, 0.5) is 20.7 Å². The predicted octanol–water partition coefficient (Wildman–Crippen LogP) is 3.16. The number of ether oxygens (including phenoxy) is 1. The Bertz CT molecular complexity index is 685. The van der Waals surface area contributed by atoms with E-state index in [-0.39, 0.29) is 0 Å². The summed E-state index contributed by atoms with van der Waals surface area (Å²) in [6.07, 6.45) is -0.637. The topological polar surface area (TPSA) is 82.2 Å². The molecule has 2 aromatic rings. The SMILES string of the molecule is Cn1nc(-c2ccc(NC(=O)OC(C)(C)C)cc2F)cc1N. The Morgan fingerprint density at radius 1 is 1.36 bits per heavy atom. The van der Waals surface area contributed by atoms with E-state index in [0.717, 1.165) is 0 Å². The lowest BCUT2D eigenvalue weighted by Gasteiger charge is -2.19. The number of nitrogen functional groups attached to an aromatic ring is 1. The first-order chi connectivity index (χ1) is 10.2. The summed E-state index contributed by atoms with van der Waals surface area (Å²) < 4.78 is 20.8. The first kappa shape index (κ1) is 15.8. The number of amides is 1. The van der Waals surface area contributed by atoms with Crippen molar-refractivity contribution in [3.63, 3.8) is 0 Å². The molecule has 1 amide bonds. The Hall–Kier alpha value is -2.57. The second-order valence-electron chi connectivity index (χ2n) is 5.90. The molecule has 0 spiro atoms. The summed E-state index contributed by atoms with van der Waals surface area (Å²) in [5.74, 6) is -0.0722. The highest BCUT2D eigenvalue weighted by atomic mass is 19.1. The third-order valence-electron chi connectivity index (χ3n) is 2.81. The molecule has 0 unspecified atom stereocenters. The van der Waals surface area contributed by atoms with Gasteiger partial charge in [-0.15, -0.1) is 0 Å². The van der Waals surface area contributed by atoms with E-state index in [2.05, 4.69) is 10.4 Å². The molecule has 3 N–H and O–H groups in total. The number of carbonyl (C=O) groups excluding carboxylic acids is 1. The molecule has 0 atom stereocenters. The van der Waals surface area contributed by atoms with E-state index < -0.39 is 17.5 Å². The van der Waals surface area contributed by atoms with Crippen LogP contribution in [0.5, 0.6) is 0 Å². The van der Waals surface area contributed by atoms with Crippen LogP contribution in [0, 0.1) is 5.82 Å². The van der Waals surface area contributed by atoms with Crippen molar-refractivity contribution in [2.75, 3.05) is 11.1 Å². The molecule has 1 heterocycles. The van der Waals surface area contributed by atoms with Gasteiger partial charge in [-0.2, -0.15) is 5.10 Å². The largest absolute Gasteiger partial charge is 0.444 e. The summed E-state index contributed by atoms with van der Waals surface area (Å²) in [7, 11) is 1.68. The highest BCUT2D eigenvalue weighted by Crippen LogP contribution is 2.25. The minimum atomic E-state index is -0.637. The maximum Gasteiger partial charge on any atom is 0.412 e. The Labute approximate surface area is 128 Å². The van der Waals surface area contributed by atoms with Gasteiger partial charge in [-0.3, -0.25) is 10.00 Å². The van der Waals surface area contributed by atoms with E-state index in [1.165, 1.54) is 16.8 Å². The Kier molecular flexibility index (Phi) is 4.07. The minimum Gasteiger partial charge on any atom is -0.444 e. The Morgan fingerprint density at radius 3 is 2.55 bits per heavy atom. The number of aryl methyl sites for hydroxylation is 1. The smallest absolute Gasteiger partial charge is 0.412 e. The molecule has 2 rings (SSSR count). The number of hydrogen-bond acceptors (Lipinski definition) is 4. The van der Waals surface area contributed by atoms with Gasteiger partial charge in [-0.05, 0) is 39.0 Å². The van der Waals surface area contributed by atoms with Gasteiger partial charge in [0.1, 0.15) is 17.2 Å². The molecule has 7 heteroatoms. The molecule has 22 heavy (non-hydrogen) atoms. The molecule has 0 aliphatic heterocycles. The molecule has 0 bridgehead atoms. The fourth-order valence-electron chi connectivity index (χ4n) is 1.84. The Balaban J connectivity index is 2.18. The summed E-state index contributed by atoms with van der Waals surface area (Å²) in [5.41, 5.74) is 6.11. The summed E-state index contributed by atoms with van der Waals surface area (Å²) in [4.78, 5) is 11.7. The number of carbonyl (C=O) groups is 1. The third-order valence-corrected chi connectivity index (χ3v) is 2.81. The van der Waals surface area contributed by atoms with Crippen LogP contribution in [0.15, 0.2) is 24.3 Å². The summed E-state index contributed by atoms with van der Waals surface area (Å²) in [6, 6.07) is 5.90. The lowest BCUT2D eigenvalue weighted by molar-refractivity contribution is 0.0636. The number of halogens is 1. The standard InChI is InChI=1S/C15H19FN4O2/c1-15(2,3)22-14(21)18-9-5-6-10(11(16)7-9)12-8-13(17)20(4)19-12/h5-8H,17H2,1-4H3,(H,18,21). The number of nitrogens with one attached hydrogen (secondary N) is 1. The van der Waals surface area contributed by atoms with Crippen LogP contribution in [0.1, 0.15) is 20.8 Å². The predicted molar refractivity (Wildman–Crippen MR) is 82.9 cm³/mol. The molecule has 118 valence electrons. The van der Waals surface area contributed by atoms with Gasteiger partial charge in [0.05, 0.1) is 5.69 Å². The molecule has 1 aromatic carbocycles. The zero-order valence-electron chi connectivity index (χ0n) is 13.0. The minimum absolute atomic E-state index is 0.305. The summed E-state index contributed by atoms with van der Waals surface area (Å²) in [5, 5.41) is 6.60. The molecule has 0 saturated carbocycles. The van der Waals surface area contributed by atoms with E-state index in [1.54, 1.807) is 40.0 Å². The van der Waals surface area contributed by atoms with Gasteiger partial charge in [0.25, 0.3) is 0 Å². The molecule has 0 fully saturated rings. The zero-order valence-corrected chi connectivity index (χ0v) is 13.0. The van der Waals surface area contributed by atoms with E-state index in [9.17, 15) is 9.18 Å². The van der Waals surface area contributed by atoms with Crippen LogP contribution in [0.3, 0.4) is 0 Å². The average Bonchev–Trinajstić information content (AvgIpc) is 2.66. The van der Waals surface area contributed by atoms with Crippen molar-refractivity contribution >= 4 is 17.6 Å². The van der Waals surface area contributed by atoms with E-state index in [1.807, 2.05) is 0 Å². The third kappa shape index (κ3) is 3.75. The van der Waals surface area contributed by atoms with Crippen molar-refractivity contribution < 1.29 is 13.9 Å².